The number of anilines is 1. The number of aromatic nitrogens is 1. The van der Waals surface area contributed by atoms with Gasteiger partial charge >= 0.3 is 0 Å². The minimum Gasteiger partial charge on any atom is -0.441 e. The molecule has 1 amide bonds. The Morgan fingerprint density at radius 3 is 2.55 bits per heavy atom. The number of sulfonamides is 1. The van der Waals surface area contributed by atoms with Crippen LogP contribution in [0.1, 0.15) is 23.4 Å². The third-order valence-corrected chi connectivity index (χ3v) is 7.56. The molecule has 1 aromatic heterocycles. The van der Waals surface area contributed by atoms with Gasteiger partial charge in [0.05, 0.1) is 24.3 Å². The SMILES string of the molecule is Cc1ccc(-c2cnc(CCC(=O)Nc3ccc(C)c(S(=O)(=O)N4CCOCC4)c3)o2)cc1. The average Bonchev–Trinajstić information content (AvgIpc) is 3.29. The average molecular weight is 470 g/mol. The third kappa shape index (κ3) is 5.50. The van der Waals surface area contributed by atoms with E-state index in [9.17, 15) is 13.2 Å². The fourth-order valence-corrected chi connectivity index (χ4v) is 5.26. The lowest BCUT2D eigenvalue weighted by molar-refractivity contribution is -0.116. The standard InChI is InChI=1S/C24H27N3O5S/c1-17-3-6-19(7-4-17)21-16-25-24(32-21)10-9-23(28)26-20-8-5-18(2)22(15-20)33(29,30)27-11-13-31-14-12-27/h3-8,15-16H,9-14H2,1-2H3,(H,26,28). The number of nitrogens with zero attached hydrogens (tertiary/aromatic N) is 2. The van der Waals surface area contributed by atoms with Crippen LogP contribution in [-0.4, -0.2) is 49.9 Å². The molecule has 1 aliphatic heterocycles. The summed E-state index contributed by atoms with van der Waals surface area (Å²) in [5, 5.41) is 2.78. The minimum atomic E-state index is -3.66. The summed E-state index contributed by atoms with van der Waals surface area (Å²) in [6, 6.07) is 12.8. The van der Waals surface area contributed by atoms with E-state index in [1.165, 1.54) is 10.4 Å². The van der Waals surface area contributed by atoms with Crippen LogP contribution in [0, 0.1) is 13.8 Å². The maximum Gasteiger partial charge on any atom is 0.243 e. The highest BCUT2D eigenvalue weighted by Gasteiger charge is 2.28. The van der Waals surface area contributed by atoms with E-state index in [1.54, 1.807) is 25.3 Å². The molecule has 9 heteroatoms. The molecule has 3 aromatic rings. The molecule has 4 rings (SSSR count). The molecule has 174 valence electrons. The van der Waals surface area contributed by atoms with Crippen molar-refractivity contribution in [2.45, 2.75) is 31.6 Å². The van der Waals surface area contributed by atoms with Crippen LogP contribution >= 0.6 is 0 Å². The number of hydrogen-bond donors (Lipinski definition) is 1. The number of oxazole rings is 1. The molecule has 0 atom stereocenters. The zero-order valence-electron chi connectivity index (χ0n) is 18.7. The first-order valence-corrected chi connectivity index (χ1v) is 12.3. The highest BCUT2D eigenvalue weighted by molar-refractivity contribution is 7.89. The smallest absolute Gasteiger partial charge is 0.243 e. The fraction of sp³-hybridized carbons (Fsp3) is 0.333. The van der Waals surface area contributed by atoms with Crippen LogP contribution in [0.25, 0.3) is 11.3 Å². The first-order chi connectivity index (χ1) is 15.8. The Kier molecular flexibility index (Phi) is 6.92. The summed E-state index contributed by atoms with van der Waals surface area (Å²) in [6.45, 7) is 5.15. The summed E-state index contributed by atoms with van der Waals surface area (Å²) < 4.78 is 38.5. The molecule has 1 fully saturated rings. The number of rotatable bonds is 7. The molecule has 1 N–H and O–H groups in total. The van der Waals surface area contributed by atoms with Crippen LogP contribution in [0.15, 0.2) is 58.0 Å². The van der Waals surface area contributed by atoms with Crippen LogP contribution in [0.2, 0.25) is 0 Å². The molecule has 1 aliphatic rings. The number of carbonyl (C=O) groups is 1. The van der Waals surface area contributed by atoms with Crippen LogP contribution in [-0.2, 0) is 26.0 Å². The van der Waals surface area contributed by atoms with Crippen LogP contribution in [0.4, 0.5) is 5.69 Å². The largest absolute Gasteiger partial charge is 0.441 e. The Balaban J connectivity index is 1.39. The molecular formula is C24H27N3O5S. The lowest BCUT2D eigenvalue weighted by Crippen LogP contribution is -2.40. The predicted molar refractivity (Wildman–Crippen MR) is 124 cm³/mol. The lowest BCUT2D eigenvalue weighted by atomic mass is 10.1. The first-order valence-electron chi connectivity index (χ1n) is 10.8. The number of benzene rings is 2. The Hall–Kier alpha value is -3.01. The Labute approximate surface area is 193 Å². The van der Waals surface area contributed by atoms with Gasteiger partial charge in [-0.15, -0.1) is 0 Å². The highest BCUT2D eigenvalue weighted by Crippen LogP contribution is 2.25. The van der Waals surface area contributed by atoms with Gasteiger partial charge in [-0.3, -0.25) is 4.79 Å². The van der Waals surface area contributed by atoms with Gasteiger partial charge < -0.3 is 14.5 Å². The van der Waals surface area contributed by atoms with Gasteiger partial charge in [0, 0.05) is 37.2 Å². The van der Waals surface area contributed by atoms with Gasteiger partial charge in [0.1, 0.15) is 0 Å². The van der Waals surface area contributed by atoms with E-state index in [2.05, 4.69) is 10.3 Å². The van der Waals surface area contributed by atoms with Crippen molar-refractivity contribution in [1.82, 2.24) is 9.29 Å². The quantitative estimate of drug-likeness (QED) is 0.568. The number of nitrogens with one attached hydrogen (secondary N) is 1. The van der Waals surface area contributed by atoms with Gasteiger partial charge in [0.25, 0.3) is 0 Å². The Morgan fingerprint density at radius 2 is 1.82 bits per heavy atom. The number of amides is 1. The zero-order valence-corrected chi connectivity index (χ0v) is 19.5. The van der Waals surface area contributed by atoms with E-state index in [0.29, 0.717) is 55.6 Å². The van der Waals surface area contributed by atoms with Gasteiger partial charge in [-0.2, -0.15) is 4.31 Å². The summed E-state index contributed by atoms with van der Waals surface area (Å²) in [4.78, 5) is 16.9. The summed E-state index contributed by atoms with van der Waals surface area (Å²) in [5.41, 5.74) is 3.15. The summed E-state index contributed by atoms with van der Waals surface area (Å²) in [6.07, 6.45) is 2.15. The fourth-order valence-electron chi connectivity index (χ4n) is 3.60. The van der Waals surface area contributed by atoms with Crippen molar-refractivity contribution in [3.63, 3.8) is 0 Å². The topological polar surface area (TPSA) is 102 Å². The van der Waals surface area contributed by atoms with Crippen molar-refractivity contribution in [1.29, 1.82) is 0 Å². The van der Waals surface area contributed by atoms with E-state index in [-0.39, 0.29) is 17.2 Å². The molecule has 2 heterocycles. The molecule has 0 bridgehead atoms. The molecule has 0 saturated carbocycles. The van der Waals surface area contributed by atoms with Crippen molar-refractivity contribution >= 4 is 21.6 Å². The van der Waals surface area contributed by atoms with Gasteiger partial charge in [0.15, 0.2) is 11.7 Å². The van der Waals surface area contributed by atoms with Crippen molar-refractivity contribution in [2.75, 3.05) is 31.6 Å². The van der Waals surface area contributed by atoms with Crippen molar-refractivity contribution in [2.24, 2.45) is 0 Å². The molecule has 0 unspecified atom stereocenters. The first kappa shape index (κ1) is 23.2. The number of aryl methyl sites for hydroxylation is 3. The summed E-state index contributed by atoms with van der Waals surface area (Å²) >= 11 is 0. The predicted octanol–water partition coefficient (Wildman–Crippen LogP) is 3.55. The van der Waals surface area contributed by atoms with Crippen molar-refractivity contribution in [3.8, 4) is 11.3 Å². The molecule has 0 spiro atoms. The van der Waals surface area contributed by atoms with Gasteiger partial charge in [-0.05, 0) is 31.5 Å². The van der Waals surface area contributed by atoms with Gasteiger partial charge in [0.2, 0.25) is 15.9 Å². The monoisotopic (exact) mass is 469 g/mol. The Bertz CT molecular complexity index is 1230. The Morgan fingerprint density at radius 1 is 1.09 bits per heavy atom. The summed E-state index contributed by atoms with van der Waals surface area (Å²) in [5.74, 6) is 0.880. The zero-order chi connectivity index (χ0) is 23.4. The molecular weight excluding hydrogens is 442 g/mol. The van der Waals surface area contributed by atoms with E-state index in [4.69, 9.17) is 9.15 Å². The maximum atomic E-state index is 13.0. The molecule has 0 radical (unpaired) electrons. The van der Waals surface area contributed by atoms with Crippen LogP contribution in [0.5, 0.6) is 0 Å². The van der Waals surface area contributed by atoms with Crippen molar-refractivity contribution < 1.29 is 22.4 Å². The minimum absolute atomic E-state index is 0.160. The number of carbonyl (C=O) groups excluding carboxylic acids is 1. The second-order valence-electron chi connectivity index (χ2n) is 8.03. The number of morpholine rings is 1. The summed E-state index contributed by atoms with van der Waals surface area (Å²) in [7, 11) is -3.66. The molecule has 2 aromatic carbocycles. The normalized spacial score (nSPS) is 14.8. The van der Waals surface area contributed by atoms with Gasteiger partial charge in [-0.1, -0.05) is 35.9 Å². The van der Waals surface area contributed by atoms with Gasteiger partial charge in [-0.25, -0.2) is 13.4 Å². The molecule has 33 heavy (non-hydrogen) atoms. The number of ether oxygens (including phenoxy) is 1. The second-order valence-corrected chi connectivity index (χ2v) is 9.94. The van der Waals surface area contributed by atoms with E-state index in [0.717, 1.165) is 11.1 Å². The molecule has 8 nitrogen and oxygen atoms in total. The maximum absolute atomic E-state index is 13.0. The lowest BCUT2D eigenvalue weighted by Gasteiger charge is -2.26. The second kappa shape index (κ2) is 9.86. The highest BCUT2D eigenvalue weighted by atomic mass is 32.2. The van der Waals surface area contributed by atoms with Crippen molar-refractivity contribution in [3.05, 3.63) is 65.7 Å². The van der Waals surface area contributed by atoms with E-state index in [1.807, 2.05) is 31.2 Å². The van der Waals surface area contributed by atoms with Crippen LogP contribution in [0.3, 0.4) is 0 Å². The van der Waals surface area contributed by atoms with E-state index >= 15 is 0 Å². The molecule has 0 aliphatic carbocycles. The molecule has 1 saturated heterocycles. The van der Waals surface area contributed by atoms with Crippen LogP contribution < -0.4 is 5.32 Å². The number of hydrogen-bond acceptors (Lipinski definition) is 6. The third-order valence-electron chi connectivity index (χ3n) is 5.52. The van der Waals surface area contributed by atoms with E-state index < -0.39 is 10.0 Å².